The molecule has 28 heavy (non-hydrogen) atoms. The maximum absolute atomic E-state index is 12.8. The van der Waals surface area contributed by atoms with Crippen LogP contribution in [-0.4, -0.2) is 62.7 Å². The number of piperazine rings is 1. The van der Waals surface area contributed by atoms with Crippen molar-refractivity contribution in [3.05, 3.63) is 53.2 Å². The maximum atomic E-state index is 12.8. The number of benzene rings is 1. The topological polar surface area (TPSA) is 73.8 Å². The summed E-state index contributed by atoms with van der Waals surface area (Å²) in [5.41, 5.74) is 1.19. The van der Waals surface area contributed by atoms with Gasteiger partial charge < -0.3 is 9.80 Å². The van der Waals surface area contributed by atoms with E-state index in [1.807, 2.05) is 17.0 Å². The number of rotatable bonds is 3. The zero-order chi connectivity index (χ0) is 19.7. The molecule has 2 fully saturated rings. The molecule has 2 aliphatic rings. The van der Waals surface area contributed by atoms with Crippen molar-refractivity contribution in [1.29, 1.82) is 0 Å². The van der Waals surface area contributed by atoms with E-state index in [-0.39, 0.29) is 11.7 Å². The molecular formula is C19H21ClN4O3S. The molecule has 0 unspecified atom stereocenters. The van der Waals surface area contributed by atoms with Crippen molar-refractivity contribution in [3.63, 3.8) is 0 Å². The van der Waals surface area contributed by atoms with E-state index in [0.29, 0.717) is 55.4 Å². The van der Waals surface area contributed by atoms with Crippen LogP contribution in [0.1, 0.15) is 16.8 Å². The van der Waals surface area contributed by atoms with E-state index < -0.39 is 10.0 Å². The minimum absolute atomic E-state index is 0.0421. The summed E-state index contributed by atoms with van der Waals surface area (Å²) in [4.78, 5) is 21.1. The van der Waals surface area contributed by atoms with Crippen LogP contribution in [0.3, 0.4) is 0 Å². The van der Waals surface area contributed by atoms with Crippen molar-refractivity contribution in [1.82, 2.24) is 9.88 Å². The molecule has 2 aliphatic heterocycles. The van der Waals surface area contributed by atoms with Gasteiger partial charge in [-0.3, -0.25) is 9.10 Å². The monoisotopic (exact) mass is 420 g/mol. The van der Waals surface area contributed by atoms with Gasteiger partial charge in [-0.2, -0.15) is 0 Å². The fourth-order valence-electron chi connectivity index (χ4n) is 3.58. The lowest BCUT2D eigenvalue weighted by atomic mass is 10.1. The van der Waals surface area contributed by atoms with E-state index in [4.69, 9.17) is 11.6 Å². The standard InChI is InChI=1S/C19H21ClN4O3S/c20-16-4-7-18(21-14-16)22-9-11-23(12-10-22)19(25)15-2-5-17(6-3-15)24-8-1-13-28(24,26)27/h2-7,14H,1,8-13H2. The van der Waals surface area contributed by atoms with Crippen LogP contribution in [0.4, 0.5) is 11.5 Å². The zero-order valence-electron chi connectivity index (χ0n) is 15.3. The van der Waals surface area contributed by atoms with Crippen LogP contribution in [0.15, 0.2) is 42.6 Å². The Morgan fingerprint density at radius 2 is 1.68 bits per heavy atom. The number of nitrogens with zero attached hydrogens (tertiary/aromatic N) is 4. The van der Waals surface area contributed by atoms with E-state index >= 15 is 0 Å². The van der Waals surface area contributed by atoms with Gasteiger partial charge in [-0.1, -0.05) is 11.6 Å². The smallest absolute Gasteiger partial charge is 0.253 e. The summed E-state index contributed by atoms with van der Waals surface area (Å²) in [6.45, 7) is 3.10. The van der Waals surface area contributed by atoms with Gasteiger partial charge in [-0.15, -0.1) is 0 Å². The molecule has 2 aromatic rings. The van der Waals surface area contributed by atoms with E-state index in [2.05, 4.69) is 9.88 Å². The zero-order valence-corrected chi connectivity index (χ0v) is 16.9. The minimum atomic E-state index is -3.21. The summed E-state index contributed by atoms with van der Waals surface area (Å²) in [5.74, 6) is 0.993. The Morgan fingerprint density at radius 3 is 2.25 bits per heavy atom. The molecule has 0 spiro atoms. The first-order chi connectivity index (χ1) is 13.4. The van der Waals surface area contributed by atoms with E-state index in [9.17, 15) is 13.2 Å². The second-order valence-corrected chi connectivity index (χ2v) is 9.35. The Hall–Kier alpha value is -2.32. The van der Waals surface area contributed by atoms with E-state index in [1.54, 1.807) is 30.5 Å². The van der Waals surface area contributed by atoms with Gasteiger partial charge in [0, 0.05) is 44.5 Å². The van der Waals surface area contributed by atoms with Crippen molar-refractivity contribution in [2.24, 2.45) is 0 Å². The van der Waals surface area contributed by atoms with Crippen LogP contribution in [0.2, 0.25) is 5.02 Å². The molecular weight excluding hydrogens is 400 g/mol. The van der Waals surface area contributed by atoms with Crippen molar-refractivity contribution in [2.45, 2.75) is 6.42 Å². The third-order valence-electron chi connectivity index (χ3n) is 5.10. The first-order valence-electron chi connectivity index (χ1n) is 9.20. The van der Waals surface area contributed by atoms with Gasteiger partial charge in [-0.05, 0) is 42.8 Å². The molecule has 3 heterocycles. The fraction of sp³-hybridized carbons (Fsp3) is 0.368. The largest absolute Gasteiger partial charge is 0.353 e. The van der Waals surface area contributed by atoms with Crippen LogP contribution < -0.4 is 9.21 Å². The molecule has 0 radical (unpaired) electrons. The van der Waals surface area contributed by atoms with E-state index in [1.165, 1.54) is 4.31 Å². The summed E-state index contributed by atoms with van der Waals surface area (Å²) in [7, 11) is -3.21. The van der Waals surface area contributed by atoms with Crippen LogP contribution >= 0.6 is 11.6 Å². The highest BCUT2D eigenvalue weighted by Gasteiger charge is 2.29. The number of sulfonamides is 1. The lowest BCUT2D eigenvalue weighted by Gasteiger charge is -2.35. The first kappa shape index (κ1) is 19.0. The SMILES string of the molecule is O=C(c1ccc(N2CCCS2(=O)=O)cc1)N1CCN(c2ccc(Cl)cn2)CC1. The molecule has 1 aromatic carbocycles. The normalized spacial score (nSPS) is 19.1. The third kappa shape index (κ3) is 3.79. The van der Waals surface area contributed by atoms with Crippen molar-refractivity contribution in [3.8, 4) is 0 Å². The summed E-state index contributed by atoms with van der Waals surface area (Å²) in [6.07, 6.45) is 2.26. The van der Waals surface area contributed by atoms with Gasteiger partial charge in [0.25, 0.3) is 5.91 Å². The highest BCUT2D eigenvalue weighted by atomic mass is 35.5. The van der Waals surface area contributed by atoms with Crippen LogP contribution in [-0.2, 0) is 10.0 Å². The Labute approximate surface area is 169 Å². The average molecular weight is 421 g/mol. The number of halogens is 1. The molecule has 0 N–H and O–H groups in total. The molecule has 1 amide bonds. The van der Waals surface area contributed by atoms with Crippen LogP contribution in [0, 0.1) is 0 Å². The molecule has 0 saturated carbocycles. The highest BCUT2D eigenvalue weighted by molar-refractivity contribution is 7.93. The molecule has 0 atom stereocenters. The van der Waals surface area contributed by atoms with Gasteiger partial charge in [0.2, 0.25) is 10.0 Å². The van der Waals surface area contributed by atoms with Gasteiger partial charge in [-0.25, -0.2) is 13.4 Å². The molecule has 2 saturated heterocycles. The molecule has 9 heteroatoms. The lowest BCUT2D eigenvalue weighted by molar-refractivity contribution is 0.0746. The fourth-order valence-corrected chi connectivity index (χ4v) is 5.25. The summed E-state index contributed by atoms with van der Waals surface area (Å²) >= 11 is 5.88. The Balaban J connectivity index is 1.39. The number of anilines is 2. The van der Waals surface area contributed by atoms with Crippen molar-refractivity contribution in [2.75, 3.05) is 47.7 Å². The van der Waals surface area contributed by atoms with Crippen LogP contribution in [0.5, 0.6) is 0 Å². The maximum Gasteiger partial charge on any atom is 0.253 e. The predicted molar refractivity (Wildman–Crippen MR) is 110 cm³/mol. The highest BCUT2D eigenvalue weighted by Crippen LogP contribution is 2.25. The number of carbonyl (C=O) groups is 1. The average Bonchev–Trinajstić information content (AvgIpc) is 3.07. The Bertz CT molecular complexity index is 956. The Kier molecular flexibility index (Phi) is 5.16. The van der Waals surface area contributed by atoms with Gasteiger partial charge >= 0.3 is 0 Å². The molecule has 0 bridgehead atoms. The quantitative estimate of drug-likeness (QED) is 0.761. The second-order valence-electron chi connectivity index (χ2n) is 6.90. The van der Waals surface area contributed by atoms with Gasteiger partial charge in [0.05, 0.1) is 16.5 Å². The number of hydrogen-bond acceptors (Lipinski definition) is 5. The molecule has 7 nitrogen and oxygen atoms in total. The Morgan fingerprint density at radius 1 is 0.964 bits per heavy atom. The number of hydrogen-bond donors (Lipinski definition) is 0. The summed E-state index contributed by atoms with van der Waals surface area (Å²) < 4.78 is 25.5. The van der Waals surface area contributed by atoms with Gasteiger partial charge in [0.1, 0.15) is 5.82 Å². The number of aromatic nitrogens is 1. The van der Waals surface area contributed by atoms with Crippen molar-refractivity contribution >= 4 is 39.0 Å². The molecule has 148 valence electrons. The second kappa shape index (κ2) is 7.60. The molecule has 0 aliphatic carbocycles. The number of pyridine rings is 1. The first-order valence-corrected chi connectivity index (χ1v) is 11.2. The van der Waals surface area contributed by atoms with Crippen molar-refractivity contribution < 1.29 is 13.2 Å². The third-order valence-corrected chi connectivity index (χ3v) is 7.20. The van der Waals surface area contributed by atoms with Gasteiger partial charge in [0.15, 0.2) is 0 Å². The molecule has 1 aromatic heterocycles. The lowest BCUT2D eigenvalue weighted by Crippen LogP contribution is -2.49. The number of carbonyl (C=O) groups excluding carboxylic acids is 1. The van der Waals surface area contributed by atoms with Crippen LogP contribution in [0.25, 0.3) is 0 Å². The summed E-state index contributed by atoms with van der Waals surface area (Å²) in [6, 6.07) is 10.5. The van der Waals surface area contributed by atoms with E-state index in [0.717, 1.165) is 5.82 Å². The summed E-state index contributed by atoms with van der Waals surface area (Å²) in [5, 5.41) is 0.600. The minimum Gasteiger partial charge on any atom is -0.353 e. The number of amides is 1. The predicted octanol–water partition coefficient (Wildman–Crippen LogP) is 2.24. The molecule has 4 rings (SSSR count).